The van der Waals surface area contributed by atoms with Crippen molar-refractivity contribution in [3.63, 3.8) is 0 Å². The summed E-state index contributed by atoms with van der Waals surface area (Å²) in [6.45, 7) is 4.04. The lowest BCUT2D eigenvalue weighted by Gasteiger charge is -2.32. The van der Waals surface area contributed by atoms with Gasteiger partial charge in [0.2, 0.25) is 15.9 Å². The molecule has 7 heteroatoms. The lowest BCUT2D eigenvalue weighted by atomic mass is 9.96. The molecule has 0 aliphatic carbocycles. The molecule has 1 heterocycles. The largest absolute Gasteiger partial charge is 0.396 e. The number of hydrogen-bond donors (Lipinski definition) is 1. The number of sulfonamides is 1. The smallest absolute Gasteiger partial charge is 0.225 e. The summed E-state index contributed by atoms with van der Waals surface area (Å²) in [5, 5.41) is 8.82. The normalized spacial score (nSPS) is 18.5. The standard InChI is InChI=1S/C12H24N2O4S/c1-3-13(7-4-10-15)12(16)11-5-8-14(9-6-11)19(2,17)18/h11,15H,3-10H2,1-2H3. The molecule has 0 saturated carbocycles. The van der Waals surface area contributed by atoms with E-state index < -0.39 is 10.0 Å². The Labute approximate surface area is 115 Å². The van der Waals surface area contributed by atoms with Crippen molar-refractivity contribution in [1.29, 1.82) is 0 Å². The Morgan fingerprint density at radius 3 is 2.37 bits per heavy atom. The summed E-state index contributed by atoms with van der Waals surface area (Å²) in [6, 6.07) is 0. The quantitative estimate of drug-likeness (QED) is 0.741. The molecule has 0 aromatic carbocycles. The maximum atomic E-state index is 12.3. The molecule has 1 fully saturated rings. The molecule has 0 aromatic rings. The Bertz CT molecular complexity index is 389. The van der Waals surface area contributed by atoms with Gasteiger partial charge in [-0.25, -0.2) is 12.7 Å². The second-order valence-corrected chi connectivity index (χ2v) is 6.91. The molecule has 1 N–H and O–H groups in total. The molecular formula is C12H24N2O4S. The van der Waals surface area contributed by atoms with Crippen LogP contribution in [0.5, 0.6) is 0 Å². The first kappa shape index (κ1) is 16.4. The predicted octanol–water partition coefficient (Wildman–Crippen LogP) is -0.111. The van der Waals surface area contributed by atoms with Crippen LogP contribution in [0.3, 0.4) is 0 Å². The summed E-state index contributed by atoms with van der Waals surface area (Å²) in [5.41, 5.74) is 0. The van der Waals surface area contributed by atoms with Crippen molar-refractivity contribution in [2.45, 2.75) is 26.2 Å². The van der Waals surface area contributed by atoms with Crippen molar-refractivity contribution in [2.24, 2.45) is 5.92 Å². The van der Waals surface area contributed by atoms with Gasteiger partial charge in [-0.1, -0.05) is 0 Å². The molecule has 0 atom stereocenters. The molecule has 1 rings (SSSR count). The van der Waals surface area contributed by atoms with Crippen LogP contribution in [0.2, 0.25) is 0 Å². The van der Waals surface area contributed by atoms with Gasteiger partial charge >= 0.3 is 0 Å². The van der Waals surface area contributed by atoms with Crippen LogP contribution in [0.15, 0.2) is 0 Å². The third-order valence-corrected chi connectivity index (χ3v) is 4.85. The zero-order valence-corrected chi connectivity index (χ0v) is 12.5. The summed E-state index contributed by atoms with van der Waals surface area (Å²) >= 11 is 0. The van der Waals surface area contributed by atoms with Gasteiger partial charge in [-0.15, -0.1) is 0 Å². The van der Waals surface area contributed by atoms with E-state index in [1.165, 1.54) is 10.6 Å². The minimum atomic E-state index is -3.14. The first-order chi connectivity index (χ1) is 8.90. The molecule has 1 amide bonds. The summed E-state index contributed by atoms with van der Waals surface area (Å²) in [6.07, 6.45) is 2.96. The van der Waals surface area contributed by atoms with Crippen LogP contribution in [0.1, 0.15) is 26.2 Å². The maximum Gasteiger partial charge on any atom is 0.225 e. The van der Waals surface area contributed by atoms with Crippen LogP contribution in [0.4, 0.5) is 0 Å². The van der Waals surface area contributed by atoms with Gasteiger partial charge in [-0.05, 0) is 26.2 Å². The molecular weight excluding hydrogens is 268 g/mol. The van der Waals surface area contributed by atoms with E-state index in [4.69, 9.17) is 5.11 Å². The summed E-state index contributed by atoms with van der Waals surface area (Å²) in [4.78, 5) is 14.0. The van der Waals surface area contributed by atoms with E-state index in [2.05, 4.69) is 0 Å². The van der Waals surface area contributed by atoms with E-state index in [1.807, 2.05) is 6.92 Å². The number of hydrogen-bond acceptors (Lipinski definition) is 4. The Hall–Kier alpha value is -0.660. The van der Waals surface area contributed by atoms with Gasteiger partial charge in [0.05, 0.1) is 6.26 Å². The monoisotopic (exact) mass is 292 g/mol. The van der Waals surface area contributed by atoms with Gasteiger partial charge in [-0.2, -0.15) is 0 Å². The summed E-state index contributed by atoms with van der Waals surface area (Å²) < 4.78 is 24.2. The molecule has 1 saturated heterocycles. The number of piperidine rings is 1. The average Bonchev–Trinajstić information content (AvgIpc) is 2.38. The Kier molecular flexibility index (Phi) is 6.22. The van der Waals surface area contributed by atoms with E-state index in [-0.39, 0.29) is 18.4 Å². The third-order valence-electron chi connectivity index (χ3n) is 3.55. The average molecular weight is 292 g/mol. The number of nitrogens with zero attached hydrogens (tertiary/aromatic N) is 2. The maximum absolute atomic E-state index is 12.3. The molecule has 0 unspecified atom stereocenters. The van der Waals surface area contributed by atoms with Crippen LogP contribution in [-0.2, 0) is 14.8 Å². The highest BCUT2D eigenvalue weighted by atomic mass is 32.2. The van der Waals surface area contributed by atoms with E-state index >= 15 is 0 Å². The molecule has 1 aliphatic heterocycles. The Morgan fingerprint density at radius 2 is 1.95 bits per heavy atom. The van der Waals surface area contributed by atoms with E-state index in [0.29, 0.717) is 45.4 Å². The highest BCUT2D eigenvalue weighted by molar-refractivity contribution is 7.88. The number of carbonyl (C=O) groups is 1. The van der Waals surface area contributed by atoms with Crippen molar-refractivity contribution in [3.05, 3.63) is 0 Å². The van der Waals surface area contributed by atoms with Crippen LogP contribution < -0.4 is 0 Å². The fraction of sp³-hybridized carbons (Fsp3) is 0.917. The molecule has 112 valence electrons. The predicted molar refractivity (Wildman–Crippen MR) is 73.1 cm³/mol. The minimum Gasteiger partial charge on any atom is -0.396 e. The van der Waals surface area contributed by atoms with E-state index in [1.54, 1.807) is 4.90 Å². The van der Waals surface area contributed by atoms with Crippen molar-refractivity contribution in [2.75, 3.05) is 39.0 Å². The molecule has 0 spiro atoms. The number of aliphatic hydroxyl groups excluding tert-OH is 1. The summed E-state index contributed by atoms with van der Waals surface area (Å²) in [7, 11) is -3.14. The summed E-state index contributed by atoms with van der Waals surface area (Å²) in [5.74, 6) is 0.000689. The number of aliphatic hydroxyl groups is 1. The number of carbonyl (C=O) groups excluding carboxylic acids is 1. The van der Waals surface area contributed by atoms with Crippen molar-refractivity contribution < 1.29 is 18.3 Å². The molecule has 0 bridgehead atoms. The van der Waals surface area contributed by atoms with Crippen LogP contribution >= 0.6 is 0 Å². The zero-order valence-electron chi connectivity index (χ0n) is 11.7. The van der Waals surface area contributed by atoms with Gasteiger partial charge in [0, 0.05) is 38.7 Å². The second kappa shape index (κ2) is 7.21. The molecule has 1 aliphatic rings. The highest BCUT2D eigenvalue weighted by Crippen LogP contribution is 2.21. The topological polar surface area (TPSA) is 77.9 Å². The van der Waals surface area contributed by atoms with Crippen LogP contribution in [0, 0.1) is 5.92 Å². The first-order valence-electron chi connectivity index (χ1n) is 6.75. The number of amides is 1. The lowest BCUT2D eigenvalue weighted by Crippen LogP contribution is -2.44. The zero-order chi connectivity index (χ0) is 14.5. The molecule has 0 radical (unpaired) electrons. The molecule has 0 aromatic heterocycles. The molecule has 19 heavy (non-hydrogen) atoms. The molecule has 6 nitrogen and oxygen atoms in total. The Balaban J connectivity index is 2.52. The van der Waals surface area contributed by atoms with Crippen LogP contribution in [-0.4, -0.2) is 67.7 Å². The van der Waals surface area contributed by atoms with Crippen molar-refractivity contribution in [1.82, 2.24) is 9.21 Å². The van der Waals surface area contributed by atoms with Crippen molar-refractivity contribution in [3.8, 4) is 0 Å². The first-order valence-corrected chi connectivity index (χ1v) is 8.59. The Morgan fingerprint density at radius 1 is 1.37 bits per heavy atom. The lowest BCUT2D eigenvalue weighted by molar-refractivity contribution is -0.136. The third kappa shape index (κ3) is 4.74. The minimum absolute atomic E-state index is 0.0797. The van der Waals surface area contributed by atoms with E-state index in [9.17, 15) is 13.2 Å². The fourth-order valence-corrected chi connectivity index (χ4v) is 3.25. The fourth-order valence-electron chi connectivity index (χ4n) is 2.38. The van der Waals surface area contributed by atoms with Gasteiger partial charge < -0.3 is 10.0 Å². The van der Waals surface area contributed by atoms with Crippen molar-refractivity contribution >= 4 is 15.9 Å². The van der Waals surface area contributed by atoms with Crippen LogP contribution in [0.25, 0.3) is 0 Å². The van der Waals surface area contributed by atoms with Gasteiger partial charge in [0.25, 0.3) is 0 Å². The van der Waals surface area contributed by atoms with Gasteiger partial charge in [0.15, 0.2) is 0 Å². The van der Waals surface area contributed by atoms with Gasteiger partial charge in [0.1, 0.15) is 0 Å². The van der Waals surface area contributed by atoms with E-state index in [0.717, 1.165) is 0 Å². The SMILES string of the molecule is CCN(CCCO)C(=O)C1CCN(S(C)(=O)=O)CC1. The second-order valence-electron chi connectivity index (χ2n) is 4.93. The number of rotatable bonds is 6. The highest BCUT2D eigenvalue weighted by Gasteiger charge is 2.30. The van der Waals surface area contributed by atoms with Gasteiger partial charge in [-0.3, -0.25) is 4.79 Å².